The van der Waals surface area contributed by atoms with Gasteiger partial charge in [0.15, 0.2) is 0 Å². The van der Waals surface area contributed by atoms with Crippen LogP contribution in [0.15, 0.2) is 18.2 Å². The Hall–Kier alpha value is -0.850. The van der Waals surface area contributed by atoms with Gasteiger partial charge in [-0.05, 0) is 48.6 Å². The average molecular weight is 337 g/mol. The van der Waals surface area contributed by atoms with Gasteiger partial charge in [0.25, 0.3) is 0 Å². The summed E-state index contributed by atoms with van der Waals surface area (Å²) in [6.07, 6.45) is -0.450. The highest BCUT2D eigenvalue weighted by Gasteiger charge is 2.14. The molecule has 0 saturated carbocycles. The van der Waals surface area contributed by atoms with Gasteiger partial charge in [0.2, 0.25) is 0 Å². The summed E-state index contributed by atoms with van der Waals surface area (Å²) in [5.41, 5.74) is 0. The first-order valence-electron chi connectivity index (χ1n) is 5.00. The van der Waals surface area contributed by atoms with E-state index < -0.39 is 11.9 Å². The molecule has 0 aliphatic carbocycles. The summed E-state index contributed by atoms with van der Waals surface area (Å²) >= 11 is 2.00. The van der Waals surface area contributed by atoms with Gasteiger partial charge >= 0.3 is 6.09 Å². The fourth-order valence-electron chi connectivity index (χ4n) is 1.20. The molecule has 3 nitrogen and oxygen atoms in total. The molecule has 0 aliphatic rings. The van der Waals surface area contributed by atoms with Gasteiger partial charge in [-0.3, -0.25) is 0 Å². The third-order valence-corrected chi connectivity index (χ3v) is 3.00. The molecule has 0 N–H and O–H groups in total. The van der Waals surface area contributed by atoms with Gasteiger partial charge in [-0.2, -0.15) is 0 Å². The minimum absolute atomic E-state index is 0.262. The molecule has 1 amide bonds. The summed E-state index contributed by atoms with van der Waals surface area (Å²) in [5, 5.41) is 0. The summed E-state index contributed by atoms with van der Waals surface area (Å²) in [5.74, 6) is -0.153. The van der Waals surface area contributed by atoms with Crippen LogP contribution in [0.2, 0.25) is 0 Å². The molecule has 5 heteroatoms. The summed E-state index contributed by atoms with van der Waals surface area (Å²) < 4.78 is 18.8. The maximum atomic E-state index is 13.0. The lowest BCUT2D eigenvalue weighted by molar-refractivity contribution is 0.157. The second-order valence-electron chi connectivity index (χ2n) is 3.12. The van der Waals surface area contributed by atoms with Crippen LogP contribution < -0.4 is 4.74 Å². The van der Waals surface area contributed by atoms with Crippen LogP contribution in [0.25, 0.3) is 0 Å². The normalized spacial score (nSPS) is 10.0. The van der Waals surface area contributed by atoms with Crippen molar-refractivity contribution in [3.05, 3.63) is 27.6 Å². The number of nitrogens with zero attached hydrogens (tertiary/aromatic N) is 1. The molecule has 88 valence electrons. The number of benzene rings is 1. The van der Waals surface area contributed by atoms with Crippen LogP contribution in [0.5, 0.6) is 5.75 Å². The number of rotatable bonds is 3. The lowest BCUT2D eigenvalue weighted by atomic mass is 10.3. The quantitative estimate of drug-likeness (QED) is 0.793. The first-order chi connectivity index (χ1) is 7.58. The van der Waals surface area contributed by atoms with Crippen molar-refractivity contribution in [2.45, 2.75) is 13.8 Å². The molecule has 1 aromatic rings. The van der Waals surface area contributed by atoms with Gasteiger partial charge in [0.1, 0.15) is 11.6 Å². The molecule has 1 rings (SSSR count). The van der Waals surface area contributed by atoms with Crippen molar-refractivity contribution in [1.29, 1.82) is 0 Å². The minimum Gasteiger partial charge on any atom is -0.409 e. The molecule has 0 bridgehead atoms. The Labute approximate surface area is 108 Å². The highest BCUT2D eigenvalue weighted by atomic mass is 127. The van der Waals surface area contributed by atoms with Crippen molar-refractivity contribution < 1.29 is 13.9 Å². The van der Waals surface area contributed by atoms with Crippen LogP contribution in [0.3, 0.4) is 0 Å². The Kier molecular flexibility index (Phi) is 4.98. The number of hydrogen-bond donors (Lipinski definition) is 0. The van der Waals surface area contributed by atoms with Crippen LogP contribution in [-0.4, -0.2) is 24.1 Å². The van der Waals surface area contributed by atoms with Crippen molar-refractivity contribution in [1.82, 2.24) is 4.90 Å². The fraction of sp³-hybridized carbons (Fsp3) is 0.364. The van der Waals surface area contributed by atoms with E-state index in [1.165, 1.54) is 17.0 Å². The molecule has 0 fully saturated rings. The van der Waals surface area contributed by atoms with Crippen molar-refractivity contribution in [2.75, 3.05) is 13.1 Å². The Morgan fingerprint density at radius 2 is 2.06 bits per heavy atom. The summed E-state index contributed by atoms with van der Waals surface area (Å²) in [7, 11) is 0. The molecular weight excluding hydrogens is 324 g/mol. The van der Waals surface area contributed by atoms with E-state index in [0.29, 0.717) is 16.7 Å². The number of halogens is 2. The minimum atomic E-state index is -0.450. The summed E-state index contributed by atoms with van der Waals surface area (Å²) in [4.78, 5) is 13.1. The van der Waals surface area contributed by atoms with Gasteiger partial charge in [-0.15, -0.1) is 0 Å². The predicted octanol–water partition coefficient (Wildman–Crippen LogP) is 3.27. The van der Waals surface area contributed by atoms with Crippen molar-refractivity contribution in [2.24, 2.45) is 0 Å². The molecule has 0 atom stereocenters. The zero-order valence-electron chi connectivity index (χ0n) is 9.17. The van der Waals surface area contributed by atoms with E-state index in [4.69, 9.17) is 4.74 Å². The van der Waals surface area contributed by atoms with E-state index in [0.717, 1.165) is 0 Å². The summed E-state index contributed by atoms with van der Waals surface area (Å²) in [6.45, 7) is 4.87. The van der Waals surface area contributed by atoms with Gasteiger partial charge in [0, 0.05) is 19.2 Å². The standard InChI is InChI=1S/C11H13FINO2/c1-3-14(4-2)11(15)16-10-7-8(12)5-6-9(10)13/h5-7H,3-4H2,1-2H3. The third kappa shape index (κ3) is 3.33. The highest BCUT2D eigenvalue weighted by Crippen LogP contribution is 2.22. The van der Waals surface area contributed by atoms with E-state index >= 15 is 0 Å². The largest absolute Gasteiger partial charge is 0.415 e. The first kappa shape index (κ1) is 13.2. The number of hydrogen-bond acceptors (Lipinski definition) is 2. The van der Waals surface area contributed by atoms with Gasteiger partial charge < -0.3 is 9.64 Å². The average Bonchev–Trinajstić information content (AvgIpc) is 2.25. The van der Waals surface area contributed by atoms with Crippen LogP contribution in [0.1, 0.15) is 13.8 Å². The smallest absolute Gasteiger partial charge is 0.409 e. The molecule has 0 aliphatic heterocycles. The zero-order chi connectivity index (χ0) is 12.1. The second kappa shape index (κ2) is 6.03. The Morgan fingerprint density at radius 3 is 2.62 bits per heavy atom. The highest BCUT2D eigenvalue weighted by molar-refractivity contribution is 14.1. The Morgan fingerprint density at radius 1 is 1.44 bits per heavy atom. The molecule has 0 heterocycles. The van der Waals surface area contributed by atoms with Crippen LogP contribution in [0, 0.1) is 9.39 Å². The molecule has 0 aromatic heterocycles. The molecule has 16 heavy (non-hydrogen) atoms. The maximum absolute atomic E-state index is 13.0. The van der Waals surface area contributed by atoms with Crippen LogP contribution >= 0.6 is 22.6 Å². The topological polar surface area (TPSA) is 29.5 Å². The maximum Gasteiger partial charge on any atom is 0.415 e. The lowest BCUT2D eigenvalue weighted by Crippen LogP contribution is -2.33. The van der Waals surface area contributed by atoms with Crippen molar-refractivity contribution in [3.63, 3.8) is 0 Å². The SMILES string of the molecule is CCN(CC)C(=O)Oc1cc(F)ccc1I. The first-order valence-corrected chi connectivity index (χ1v) is 6.08. The molecule has 1 aromatic carbocycles. The third-order valence-electron chi connectivity index (χ3n) is 2.11. The fourth-order valence-corrected chi connectivity index (χ4v) is 1.64. The van der Waals surface area contributed by atoms with Gasteiger partial charge in [-0.1, -0.05) is 0 Å². The number of carbonyl (C=O) groups excluding carboxylic acids is 1. The van der Waals surface area contributed by atoms with E-state index in [2.05, 4.69) is 0 Å². The number of carbonyl (C=O) groups is 1. The molecule has 0 saturated heterocycles. The number of ether oxygens (including phenoxy) is 1. The predicted molar refractivity (Wildman–Crippen MR) is 68.1 cm³/mol. The van der Waals surface area contributed by atoms with E-state index in [1.807, 2.05) is 36.4 Å². The lowest BCUT2D eigenvalue weighted by Gasteiger charge is -2.18. The summed E-state index contributed by atoms with van der Waals surface area (Å²) in [6, 6.07) is 4.11. The monoisotopic (exact) mass is 337 g/mol. The second-order valence-corrected chi connectivity index (χ2v) is 4.28. The Balaban J connectivity index is 2.80. The molecule has 0 radical (unpaired) electrons. The molecule has 0 spiro atoms. The van der Waals surface area contributed by atoms with Gasteiger partial charge in [-0.25, -0.2) is 9.18 Å². The van der Waals surface area contributed by atoms with Crippen molar-refractivity contribution >= 4 is 28.7 Å². The zero-order valence-corrected chi connectivity index (χ0v) is 11.3. The van der Waals surface area contributed by atoms with E-state index in [9.17, 15) is 9.18 Å². The Bertz CT molecular complexity index is 380. The van der Waals surface area contributed by atoms with E-state index in [1.54, 1.807) is 6.07 Å². The van der Waals surface area contributed by atoms with E-state index in [-0.39, 0.29) is 5.75 Å². The van der Waals surface area contributed by atoms with Crippen molar-refractivity contribution in [3.8, 4) is 5.75 Å². The van der Waals surface area contributed by atoms with Crippen LogP contribution in [-0.2, 0) is 0 Å². The molecular formula is C11H13FINO2. The number of amides is 1. The van der Waals surface area contributed by atoms with Crippen LogP contribution in [0.4, 0.5) is 9.18 Å². The molecule has 0 unspecified atom stereocenters. The van der Waals surface area contributed by atoms with Gasteiger partial charge in [0.05, 0.1) is 3.57 Å².